The van der Waals surface area contributed by atoms with Gasteiger partial charge in [-0.25, -0.2) is 17.9 Å². The zero-order chi connectivity index (χ0) is 13.1. The van der Waals surface area contributed by atoms with Gasteiger partial charge in [0.25, 0.3) is 0 Å². The third-order valence-corrected chi connectivity index (χ3v) is 1.87. The molecule has 0 saturated carbocycles. The van der Waals surface area contributed by atoms with Crippen molar-refractivity contribution in [3.8, 4) is 0 Å². The number of sulfonamides is 1. The summed E-state index contributed by atoms with van der Waals surface area (Å²) in [7, 11) is -3.59. The molecule has 0 rings (SSSR count). The van der Waals surface area contributed by atoms with E-state index in [1.807, 2.05) is 0 Å². The van der Waals surface area contributed by atoms with E-state index < -0.39 is 16.1 Å². The topological polar surface area (TPSA) is 111 Å². The number of aliphatic hydroxyl groups excluding tert-OH is 1. The number of hydrogen-bond donors (Lipinski definition) is 2. The fourth-order valence-corrected chi connectivity index (χ4v) is 1.12. The van der Waals surface area contributed by atoms with Gasteiger partial charge in [-0.15, -0.1) is 0 Å². The number of carbonyl (C=O) groups excluding carboxylic acids is 1. The molecular weight excluding hydrogens is 254 g/mol. The van der Waals surface area contributed by atoms with Crippen molar-refractivity contribution in [1.29, 1.82) is 0 Å². The van der Waals surface area contributed by atoms with Crippen molar-refractivity contribution >= 4 is 16.1 Å². The fourth-order valence-electron chi connectivity index (χ4n) is 0.761. The molecule has 0 bridgehead atoms. The van der Waals surface area contributed by atoms with Gasteiger partial charge in [0.1, 0.15) is 6.61 Å². The normalized spacial score (nSPS) is 11.2. The summed E-state index contributed by atoms with van der Waals surface area (Å²) in [5, 5.41) is 8.38. The van der Waals surface area contributed by atoms with Gasteiger partial charge in [0, 0.05) is 0 Å². The van der Waals surface area contributed by atoms with Gasteiger partial charge in [-0.05, 0) is 0 Å². The fraction of sp³-hybridized carbons (Fsp3) is 0.875. The molecule has 0 saturated heterocycles. The maximum atomic E-state index is 10.8. The minimum Gasteiger partial charge on any atom is -0.446 e. The van der Waals surface area contributed by atoms with Crippen molar-refractivity contribution in [1.82, 2.24) is 4.72 Å². The van der Waals surface area contributed by atoms with Gasteiger partial charge in [-0.1, -0.05) is 0 Å². The Hall–Kier alpha value is -0.900. The lowest BCUT2D eigenvalue weighted by Gasteiger charge is -2.06. The third kappa shape index (κ3) is 13.0. The van der Waals surface area contributed by atoms with Crippen LogP contribution in [0.2, 0.25) is 0 Å². The minimum absolute atomic E-state index is 0.0469. The molecule has 17 heavy (non-hydrogen) atoms. The van der Waals surface area contributed by atoms with Gasteiger partial charge in [0.15, 0.2) is 0 Å². The van der Waals surface area contributed by atoms with Crippen LogP contribution in [0.15, 0.2) is 0 Å². The molecule has 0 aromatic heterocycles. The highest BCUT2D eigenvalue weighted by Crippen LogP contribution is 1.84. The lowest BCUT2D eigenvalue weighted by molar-refractivity contribution is 0.0192. The number of amides is 1. The molecule has 9 heteroatoms. The molecule has 8 nitrogen and oxygen atoms in total. The SMILES string of the molecule is CS(=O)(=O)NC(=O)OCCOCCOCCO. The summed E-state index contributed by atoms with van der Waals surface area (Å²) in [5.41, 5.74) is 0. The molecule has 0 radical (unpaired) electrons. The van der Waals surface area contributed by atoms with Crippen LogP contribution in [0.25, 0.3) is 0 Å². The first-order valence-corrected chi connectivity index (χ1v) is 6.75. The van der Waals surface area contributed by atoms with Crippen LogP contribution in [-0.2, 0) is 24.2 Å². The molecule has 0 spiro atoms. The predicted molar refractivity (Wildman–Crippen MR) is 58.1 cm³/mol. The van der Waals surface area contributed by atoms with Crippen molar-refractivity contribution in [2.75, 3.05) is 45.9 Å². The second-order valence-electron chi connectivity index (χ2n) is 2.96. The minimum atomic E-state index is -3.59. The molecule has 0 fully saturated rings. The molecular formula is C8H17NO7S. The Morgan fingerprint density at radius 2 is 1.65 bits per heavy atom. The Kier molecular flexibility index (Phi) is 8.68. The van der Waals surface area contributed by atoms with Crippen molar-refractivity contribution in [3.63, 3.8) is 0 Å². The van der Waals surface area contributed by atoms with E-state index in [1.165, 1.54) is 0 Å². The zero-order valence-corrected chi connectivity index (χ0v) is 10.4. The molecule has 102 valence electrons. The number of rotatable bonds is 9. The van der Waals surface area contributed by atoms with Crippen LogP contribution >= 0.6 is 0 Å². The van der Waals surface area contributed by atoms with Crippen LogP contribution in [0, 0.1) is 0 Å². The summed E-state index contributed by atoms with van der Waals surface area (Å²) >= 11 is 0. The van der Waals surface area contributed by atoms with E-state index in [-0.39, 0.29) is 26.4 Å². The Morgan fingerprint density at radius 1 is 1.12 bits per heavy atom. The van der Waals surface area contributed by atoms with Gasteiger partial charge in [-0.2, -0.15) is 0 Å². The van der Waals surface area contributed by atoms with E-state index in [2.05, 4.69) is 4.74 Å². The highest BCUT2D eigenvalue weighted by molar-refractivity contribution is 7.89. The second kappa shape index (κ2) is 9.16. The summed E-state index contributed by atoms with van der Waals surface area (Å²) < 4.78 is 37.2. The average molecular weight is 271 g/mol. The maximum absolute atomic E-state index is 10.8. The van der Waals surface area contributed by atoms with Gasteiger partial charge in [0.2, 0.25) is 10.0 Å². The van der Waals surface area contributed by atoms with Gasteiger partial charge in [0.05, 0.1) is 39.3 Å². The monoisotopic (exact) mass is 271 g/mol. The maximum Gasteiger partial charge on any atom is 0.420 e. The van der Waals surface area contributed by atoms with Crippen molar-refractivity contribution < 1.29 is 32.5 Å². The smallest absolute Gasteiger partial charge is 0.420 e. The summed E-state index contributed by atoms with van der Waals surface area (Å²) in [6.07, 6.45) is -0.184. The first-order chi connectivity index (χ1) is 7.95. The van der Waals surface area contributed by atoms with E-state index in [0.717, 1.165) is 6.26 Å². The Bertz CT molecular complexity index is 303. The van der Waals surface area contributed by atoms with Crippen LogP contribution in [0.1, 0.15) is 0 Å². The van der Waals surface area contributed by atoms with Crippen LogP contribution < -0.4 is 4.72 Å². The van der Waals surface area contributed by atoms with Crippen LogP contribution in [0.4, 0.5) is 4.79 Å². The molecule has 0 aliphatic carbocycles. The first-order valence-electron chi connectivity index (χ1n) is 4.86. The van der Waals surface area contributed by atoms with E-state index in [0.29, 0.717) is 13.2 Å². The number of nitrogens with one attached hydrogen (secondary N) is 1. The van der Waals surface area contributed by atoms with E-state index in [4.69, 9.17) is 14.6 Å². The summed E-state index contributed by atoms with van der Waals surface area (Å²) in [5.74, 6) is 0. The van der Waals surface area contributed by atoms with E-state index >= 15 is 0 Å². The quantitative estimate of drug-likeness (QED) is 0.501. The summed E-state index contributed by atoms with van der Waals surface area (Å²) in [6, 6.07) is 0. The van der Waals surface area contributed by atoms with Crippen molar-refractivity contribution in [2.45, 2.75) is 0 Å². The third-order valence-electron chi connectivity index (χ3n) is 1.34. The second-order valence-corrected chi connectivity index (χ2v) is 4.71. The molecule has 0 aliphatic heterocycles. The lowest BCUT2D eigenvalue weighted by atomic mass is 10.7. The Balaban J connectivity index is 3.31. The Labute approximate surface area is 99.9 Å². The molecule has 0 aromatic carbocycles. The molecule has 0 aliphatic rings. The standard InChI is InChI=1S/C8H17NO7S/c1-17(12,13)9-8(11)16-7-6-15-5-4-14-3-2-10/h10H,2-7H2,1H3,(H,9,11). The predicted octanol–water partition coefficient (Wildman–Crippen LogP) is -1.30. The Morgan fingerprint density at radius 3 is 2.18 bits per heavy atom. The largest absolute Gasteiger partial charge is 0.446 e. The average Bonchev–Trinajstić information content (AvgIpc) is 2.19. The molecule has 0 heterocycles. The summed E-state index contributed by atoms with van der Waals surface area (Å²) in [6.45, 7) is 0.916. The number of ether oxygens (including phenoxy) is 3. The van der Waals surface area contributed by atoms with Crippen LogP contribution in [0.3, 0.4) is 0 Å². The van der Waals surface area contributed by atoms with E-state index in [9.17, 15) is 13.2 Å². The molecule has 1 amide bonds. The van der Waals surface area contributed by atoms with Gasteiger partial charge in [-0.3, -0.25) is 0 Å². The highest BCUT2D eigenvalue weighted by atomic mass is 32.2. The van der Waals surface area contributed by atoms with Gasteiger partial charge >= 0.3 is 6.09 Å². The lowest BCUT2D eigenvalue weighted by Crippen LogP contribution is -2.30. The first kappa shape index (κ1) is 16.1. The molecule has 0 atom stereocenters. The number of hydrogen-bond acceptors (Lipinski definition) is 7. The molecule has 2 N–H and O–H groups in total. The number of carbonyl (C=O) groups is 1. The van der Waals surface area contributed by atoms with Crippen LogP contribution in [-0.4, -0.2) is 65.5 Å². The highest BCUT2D eigenvalue weighted by Gasteiger charge is 2.08. The molecule has 0 aromatic rings. The van der Waals surface area contributed by atoms with Crippen molar-refractivity contribution in [2.24, 2.45) is 0 Å². The van der Waals surface area contributed by atoms with E-state index in [1.54, 1.807) is 4.72 Å². The zero-order valence-electron chi connectivity index (χ0n) is 9.55. The molecule has 0 unspecified atom stereocenters. The number of aliphatic hydroxyl groups is 1. The van der Waals surface area contributed by atoms with Crippen LogP contribution in [0.5, 0.6) is 0 Å². The van der Waals surface area contributed by atoms with Gasteiger partial charge < -0.3 is 19.3 Å². The summed E-state index contributed by atoms with van der Waals surface area (Å²) in [4.78, 5) is 10.8. The van der Waals surface area contributed by atoms with Crippen molar-refractivity contribution in [3.05, 3.63) is 0 Å².